The van der Waals surface area contributed by atoms with Gasteiger partial charge in [0.2, 0.25) is 5.91 Å². The average Bonchev–Trinajstić information content (AvgIpc) is 2.55. The first-order valence-corrected chi connectivity index (χ1v) is 8.48. The Bertz CT molecular complexity index is 543. The molecule has 1 aromatic rings. The summed E-state index contributed by atoms with van der Waals surface area (Å²) in [5, 5.41) is 9.37. The van der Waals surface area contributed by atoms with Crippen LogP contribution in [0.1, 0.15) is 45.1 Å². The van der Waals surface area contributed by atoms with Crippen molar-refractivity contribution in [3.05, 3.63) is 35.9 Å². The van der Waals surface area contributed by atoms with E-state index in [0.717, 1.165) is 25.7 Å². The number of carboxylic acids is 1. The molecule has 1 N–H and O–H groups in total. The highest BCUT2D eigenvalue weighted by atomic mass is 16.4. The van der Waals surface area contributed by atoms with E-state index in [4.69, 9.17) is 0 Å². The Morgan fingerprint density at radius 2 is 2.00 bits per heavy atom. The summed E-state index contributed by atoms with van der Waals surface area (Å²) < 4.78 is 0. The standard InChI is InChI=1S/C19H27NO3/c1-15(8-6-11-16-9-4-3-5-10-16)17(21)20-13-7-12-19(2,14-20)18(22)23/h3-5,9-10,15H,6-8,11-14H2,1-2H3,(H,22,23). The molecule has 1 heterocycles. The number of nitrogens with zero attached hydrogens (tertiary/aromatic N) is 1. The van der Waals surface area contributed by atoms with E-state index in [1.807, 2.05) is 25.1 Å². The summed E-state index contributed by atoms with van der Waals surface area (Å²) in [5.74, 6) is -0.744. The second-order valence-electron chi connectivity index (χ2n) is 7.01. The maximum atomic E-state index is 12.6. The van der Waals surface area contributed by atoms with Crippen LogP contribution in [0.4, 0.5) is 0 Å². The summed E-state index contributed by atoms with van der Waals surface area (Å²) in [6.45, 7) is 4.73. The first kappa shape index (κ1) is 17.5. The van der Waals surface area contributed by atoms with Gasteiger partial charge in [-0.2, -0.15) is 0 Å². The molecule has 23 heavy (non-hydrogen) atoms. The third kappa shape index (κ3) is 4.57. The largest absolute Gasteiger partial charge is 0.481 e. The highest BCUT2D eigenvalue weighted by Gasteiger charge is 2.39. The lowest BCUT2D eigenvalue weighted by Crippen LogP contribution is -2.49. The Morgan fingerprint density at radius 3 is 2.65 bits per heavy atom. The highest BCUT2D eigenvalue weighted by molar-refractivity contribution is 5.81. The topological polar surface area (TPSA) is 57.6 Å². The van der Waals surface area contributed by atoms with Crippen LogP contribution in [0.25, 0.3) is 0 Å². The Morgan fingerprint density at radius 1 is 1.30 bits per heavy atom. The number of rotatable bonds is 6. The van der Waals surface area contributed by atoms with Gasteiger partial charge in [-0.3, -0.25) is 9.59 Å². The zero-order chi connectivity index (χ0) is 16.9. The molecule has 0 radical (unpaired) electrons. The molecule has 0 bridgehead atoms. The summed E-state index contributed by atoms with van der Waals surface area (Å²) in [6.07, 6.45) is 4.21. The first-order valence-electron chi connectivity index (χ1n) is 8.48. The van der Waals surface area contributed by atoms with E-state index in [1.165, 1.54) is 5.56 Å². The summed E-state index contributed by atoms with van der Waals surface area (Å²) in [4.78, 5) is 25.7. The second-order valence-corrected chi connectivity index (χ2v) is 7.01. The fourth-order valence-corrected chi connectivity index (χ4v) is 3.29. The van der Waals surface area contributed by atoms with Gasteiger partial charge in [-0.1, -0.05) is 37.3 Å². The SMILES string of the molecule is CC(CCCc1ccccc1)C(=O)N1CCCC(C)(C(=O)O)C1. The van der Waals surface area contributed by atoms with E-state index >= 15 is 0 Å². The lowest BCUT2D eigenvalue weighted by atomic mass is 9.81. The van der Waals surface area contributed by atoms with E-state index < -0.39 is 11.4 Å². The van der Waals surface area contributed by atoms with E-state index in [-0.39, 0.29) is 11.8 Å². The van der Waals surface area contributed by atoms with E-state index in [2.05, 4.69) is 12.1 Å². The number of aryl methyl sites for hydroxylation is 1. The number of carboxylic acid groups (broad SMARTS) is 1. The van der Waals surface area contributed by atoms with Crippen LogP contribution in [0.2, 0.25) is 0 Å². The van der Waals surface area contributed by atoms with Gasteiger partial charge in [0, 0.05) is 19.0 Å². The number of amides is 1. The third-order valence-corrected chi connectivity index (χ3v) is 4.89. The van der Waals surface area contributed by atoms with Crippen molar-refractivity contribution in [2.75, 3.05) is 13.1 Å². The molecule has 126 valence electrons. The van der Waals surface area contributed by atoms with Gasteiger partial charge in [0.05, 0.1) is 5.41 Å². The zero-order valence-corrected chi connectivity index (χ0v) is 14.1. The molecular formula is C19H27NO3. The minimum atomic E-state index is -0.799. The van der Waals surface area contributed by atoms with Crippen LogP contribution in [-0.2, 0) is 16.0 Å². The maximum Gasteiger partial charge on any atom is 0.311 e. The van der Waals surface area contributed by atoms with Crippen molar-refractivity contribution in [3.8, 4) is 0 Å². The molecule has 1 saturated heterocycles. The molecule has 1 aliphatic rings. The van der Waals surface area contributed by atoms with Gasteiger partial charge >= 0.3 is 5.97 Å². The van der Waals surface area contributed by atoms with Crippen LogP contribution in [0.3, 0.4) is 0 Å². The number of carbonyl (C=O) groups excluding carboxylic acids is 1. The van der Waals surface area contributed by atoms with Crippen LogP contribution in [0, 0.1) is 11.3 Å². The predicted molar refractivity (Wildman–Crippen MR) is 90.1 cm³/mol. The second kappa shape index (κ2) is 7.62. The van der Waals surface area contributed by atoms with Crippen LogP contribution in [-0.4, -0.2) is 35.0 Å². The van der Waals surface area contributed by atoms with E-state index in [0.29, 0.717) is 19.5 Å². The Labute approximate surface area is 138 Å². The van der Waals surface area contributed by atoms with Gasteiger partial charge < -0.3 is 10.0 Å². The minimum Gasteiger partial charge on any atom is -0.481 e. The minimum absolute atomic E-state index is 0.0464. The molecule has 2 rings (SSSR count). The number of aliphatic carboxylic acids is 1. The maximum absolute atomic E-state index is 12.6. The highest BCUT2D eigenvalue weighted by Crippen LogP contribution is 2.30. The summed E-state index contributed by atoms with van der Waals surface area (Å²) in [7, 11) is 0. The fraction of sp³-hybridized carbons (Fsp3) is 0.579. The Kier molecular flexibility index (Phi) is 5.80. The number of likely N-dealkylation sites (tertiary alicyclic amines) is 1. The quantitative estimate of drug-likeness (QED) is 0.875. The van der Waals surface area contributed by atoms with Gasteiger partial charge in [-0.25, -0.2) is 0 Å². The molecule has 1 fully saturated rings. The van der Waals surface area contributed by atoms with Gasteiger partial charge in [0.25, 0.3) is 0 Å². The normalized spacial score (nSPS) is 22.6. The lowest BCUT2D eigenvalue weighted by molar-refractivity contribution is -0.154. The summed E-state index contributed by atoms with van der Waals surface area (Å²) in [5.41, 5.74) is 0.501. The Hall–Kier alpha value is -1.84. The molecule has 0 aromatic heterocycles. The van der Waals surface area contributed by atoms with E-state index in [1.54, 1.807) is 11.8 Å². The number of benzene rings is 1. The molecule has 1 aromatic carbocycles. The lowest BCUT2D eigenvalue weighted by Gasteiger charge is -2.38. The molecule has 2 atom stereocenters. The first-order chi connectivity index (χ1) is 10.9. The molecule has 4 nitrogen and oxygen atoms in total. The zero-order valence-electron chi connectivity index (χ0n) is 14.1. The third-order valence-electron chi connectivity index (χ3n) is 4.89. The molecular weight excluding hydrogens is 290 g/mol. The van der Waals surface area contributed by atoms with Crippen LogP contribution in [0.15, 0.2) is 30.3 Å². The number of piperidine rings is 1. The number of hydrogen-bond donors (Lipinski definition) is 1. The molecule has 1 amide bonds. The van der Waals surface area contributed by atoms with E-state index in [9.17, 15) is 14.7 Å². The number of hydrogen-bond acceptors (Lipinski definition) is 2. The van der Waals surface area contributed by atoms with Crippen LogP contribution in [0.5, 0.6) is 0 Å². The van der Waals surface area contributed by atoms with Crippen molar-refractivity contribution < 1.29 is 14.7 Å². The molecule has 0 aliphatic carbocycles. The molecule has 0 saturated carbocycles. The summed E-state index contributed by atoms with van der Waals surface area (Å²) in [6, 6.07) is 10.3. The van der Waals surface area contributed by atoms with Crippen molar-refractivity contribution >= 4 is 11.9 Å². The molecule has 1 aliphatic heterocycles. The molecule has 0 spiro atoms. The molecule has 2 unspecified atom stereocenters. The van der Waals surface area contributed by atoms with Crippen LogP contribution < -0.4 is 0 Å². The summed E-state index contributed by atoms with van der Waals surface area (Å²) >= 11 is 0. The van der Waals surface area contributed by atoms with Crippen molar-refractivity contribution in [2.24, 2.45) is 11.3 Å². The fourth-order valence-electron chi connectivity index (χ4n) is 3.29. The van der Waals surface area contributed by atoms with Gasteiger partial charge in [-0.15, -0.1) is 0 Å². The average molecular weight is 317 g/mol. The van der Waals surface area contributed by atoms with Gasteiger partial charge in [-0.05, 0) is 44.6 Å². The monoisotopic (exact) mass is 317 g/mol. The Balaban J connectivity index is 1.83. The predicted octanol–water partition coefficient (Wildman–Crippen LogP) is 3.36. The van der Waals surface area contributed by atoms with Crippen molar-refractivity contribution in [1.82, 2.24) is 4.90 Å². The van der Waals surface area contributed by atoms with Crippen molar-refractivity contribution in [1.29, 1.82) is 0 Å². The van der Waals surface area contributed by atoms with Crippen molar-refractivity contribution in [3.63, 3.8) is 0 Å². The van der Waals surface area contributed by atoms with Gasteiger partial charge in [0.15, 0.2) is 0 Å². The van der Waals surface area contributed by atoms with Gasteiger partial charge in [0.1, 0.15) is 0 Å². The smallest absolute Gasteiger partial charge is 0.311 e. The van der Waals surface area contributed by atoms with Crippen LogP contribution >= 0.6 is 0 Å². The van der Waals surface area contributed by atoms with Crippen molar-refractivity contribution in [2.45, 2.75) is 46.0 Å². The number of carbonyl (C=O) groups is 2. The molecule has 4 heteroatoms.